The number of hydrogen-bond acceptors (Lipinski definition) is 7. The number of benzene rings is 2. The lowest BCUT2D eigenvalue weighted by molar-refractivity contribution is -0.384. The summed E-state index contributed by atoms with van der Waals surface area (Å²) in [5.41, 5.74) is -1.17. The van der Waals surface area contributed by atoms with Crippen molar-refractivity contribution in [2.45, 2.75) is 6.18 Å². The molecule has 12 heteroatoms. The van der Waals surface area contributed by atoms with Gasteiger partial charge in [0, 0.05) is 12.1 Å². The van der Waals surface area contributed by atoms with Gasteiger partial charge in [0.1, 0.15) is 5.75 Å². The molecule has 2 aromatic carbocycles. The zero-order valence-electron chi connectivity index (χ0n) is 15.5. The first-order valence-corrected chi connectivity index (χ1v) is 8.20. The summed E-state index contributed by atoms with van der Waals surface area (Å²) in [5, 5.41) is 11.2. The Kier molecular flexibility index (Phi) is 5.25. The molecular formula is C18H13F3N2O7. The molecular weight excluding hydrogens is 413 g/mol. The number of alkyl halides is 3. The van der Waals surface area contributed by atoms with E-state index >= 15 is 0 Å². The molecule has 0 aromatic heterocycles. The second kappa shape index (κ2) is 7.54. The first kappa shape index (κ1) is 20.9. The molecule has 0 atom stereocenters. The standard InChI is InChI=1S/C18H13F3N2O7/c1-28-13-4-3-12-14(15(13)29-2)17(25)22(16(12)24)9-5-10(23(26)27)7-11(6-9)30-8-18(19,20)21/h3-7H,8H2,1-2H3. The van der Waals surface area contributed by atoms with Gasteiger partial charge >= 0.3 is 6.18 Å². The lowest BCUT2D eigenvalue weighted by Crippen LogP contribution is -2.29. The molecule has 1 aliphatic rings. The first-order valence-electron chi connectivity index (χ1n) is 8.20. The maximum Gasteiger partial charge on any atom is 0.422 e. The highest BCUT2D eigenvalue weighted by molar-refractivity contribution is 6.35. The van der Waals surface area contributed by atoms with Gasteiger partial charge < -0.3 is 14.2 Å². The van der Waals surface area contributed by atoms with Crippen LogP contribution in [0, 0.1) is 10.1 Å². The minimum atomic E-state index is -4.69. The van der Waals surface area contributed by atoms with Crippen LogP contribution < -0.4 is 19.1 Å². The minimum Gasteiger partial charge on any atom is -0.493 e. The van der Waals surface area contributed by atoms with Gasteiger partial charge in [0.15, 0.2) is 18.1 Å². The van der Waals surface area contributed by atoms with Crippen LogP contribution in [-0.2, 0) is 0 Å². The lowest BCUT2D eigenvalue weighted by Gasteiger charge is -2.16. The van der Waals surface area contributed by atoms with Gasteiger partial charge in [0.05, 0.1) is 42.0 Å². The number of anilines is 1. The Balaban J connectivity index is 2.09. The molecule has 158 valence electrons. The predicted molar refractivity (Wildman–Crippen MR) is 95.3 cm³/mol. The monoisotopic (exact) mass is 426 g/mol. The molecule has 0 bridgehead atoms. The lowest BCUT2D eigenvalue weighted by atomic mass is 10.1. The number of amides is 2. The van der Waals surface area contributed by atoms with Crippen molar-refractivity contribution in [3.8, 4) is 17.2 Å². The number of imide groups is 1. The third-order valence-corrected chi connectivity index (χ3v) is 4.14. The van der Waals surface area contributed by atoms with Crippen molar-refractivity contribution in [2.24, 2.45) is 0 Å². The van der Waals surface area contributed by atoms with E-state index in [1.807, 2.05) is 0 Å². The molecule has 0 radical (unpaired) electrons. The van der Waals surface area contributed by atoms with Gasteiger partial charge in [-0.05, 0) is 12.1 Å². The fourth-order valence-corrected chi connectivity index (χ4v) is 2.93. The van der Waals surface area contributed by atoms with Crippen molar-refractivity contribution in [3.05, 3.63) is 51.6 Å². The molecule has 3 rings (SSSR count). The fourth-order valence-electron chi connectivity index (χ4n) is 2.93. The van der Waals surface area contributed by atoms with Crippen LogP contribution in [0.15, 0.2) is 30.3 Å². The molecule has 1 aliphatic heterocycles. The Morgan fingerprint density at radius 2 is 1.77 bits per heavy atom. The van der Waals surface area contributed by atoms with E-state index in [9.17, 15) is 32.9 Å². The van der Waals surface area contributed by atoms with E-state index in [1.54, 1.807) is 0 Å². The van der Waals surface area contributed by atoms with Gasteiger partial charge in [0.2, 0.25) is 0 Å². The number of fused-ring (bicyclic) bond motifs is 1. The molecule has 2 aromatic rings. The number of carbonyl (C=O) groups is 2. The summed E-state index contributed by atoms with van der Waals surface area (Å²) < 4.78 is 52.2. The van der Waals surface area contributed by atoms with E-state index in [0.29, 0.717) is 4.90 Å². The molecule has 0 N–H and O–H groups in total. The van der Waals surface area contributed by atoms with Crippen LogP contribution in [0.25, 0.3) is 0 Å². The van der Waals surface area contributed by atoms with Crippen LogP contribution in [0.2, 0.25) is 0 Å². The molecule has 0 saturated carbocycles. The highest BCUT2D eigenvalue weighted by Gasteiger charge is 2.41. The van der Waals surface area contributed by atoms with Crippen molar-refractivity contribution in [1.82, 2.24) is 0 Å². The molecule has 1 heterocycles. The number of rotatable bonds is 6. The third-order valence-electron chi connectivity index (χ3n) is 4.14. The van der Waals surface area contributed by atoms with Crippen molar-refractivity contribution < 1.29 is 41.9 Å². The number of ether oxygens (including phenoxy) is 3. The van der Waals surface area contributed by atoms with Crippen LogP contribution in [-0.4, -0.2) is 43.7 Å². The third kappa shape index (κ3) is 3.71. The number of hydrogen-bond donors (Lipinski definition) is 0. The largest absolute Gasteiger partial charge is 0.493 e. The number of halogens is 3. The van der Waals surface area contributed by atoms with Gasteiger partial charge in [0.25, 0.3) is 17.5 Å². The Bertz CT molecular complexity index is 1050. The molecule has 0 aliphatic carbocycles. The smallest absolute Gasteiger partial charge is 0.422 e. The number of methoxy groups -OCH3 is 2. The molecule has 0 spiro atoms. The van der Waals surface area contributed by atoms with Gasteiger partial charge in [-0.1, -0.05) is 0 Å². The summed E-state index contributed by atoms with van der Waals surface area (Å²) in [6.45, 7) is -1.71. The minimum absolute atomic E-state index is 0.0187. The predicted octanol–water partition coefficient (Wildman–Crippen LogP) is 3.35. The Morgan fingerprint density at radius 3 is 2.33 bits per heavy atom. The zero-order chi connectivity index (χ0) is 22.2. The molecule has 9 nitrogen and oxygen atoms in total. The van der Waals surface area contributed by atoms with E-state index in [2.05, 4.69) is 4.74 Å². The maximum absolute atomic E-state index is 12.9. The van der Waals surface area contributed by atoms with Crippen molar-refractivity contribution in [2.75, 3.05) is 25.7 Å². The quantitative estimate of drug-likeness (QED) is 0.396. The van der Waals surface area contributed by atoms with Gasteiger partial charge in [-0.2, -0.15) is 13.2 Å². The van der Waals surface area contributed by atoms with Crippen LogP contribution in [0.4, 0.5) is 24.5 Å². The Hall–Kier alpha value is -3.83. The normalized spacial score (nSPS) is 13.3. The van der Waals surface area contributed by atoms with Crippen LogP contribution in [0.1, 0.15) is 20.7 Å². The number of nitrogens with zero attached hydrogens (tertiary/aromatic N) is 2. The second-order valence-corrected chi connectivity index (χ2v) is 6.02. The van der Waals surface area contributed by atoms with Gasteiger partial charge in [-0.3, -0.25) is 19.7 Å². The Morgan fingerprint density at radius 1 is 1.07 bits per heavy atom. The van der Waals surface area contributed by atoms with Crippen LogP contribution in [0.5, 0.6) is 17.2 Å². The summed E-state index contributed by atoms with van der Waals surface area (Å²) >= 11 is 0. The van der Waals surface area contributed by atoms with Gasteiger partial charge in [-0.25, -0.2) is 4.90 Å². The average molecular weight is 426 g/mol. The molecule has 2 amide bonds. The summed E-state index contributed by atoms with van der Waals surface area (Å²) in [6, 6.07) is 5.29. The number of non-ortho nitro benzene ring substituents is 1. The van der Waals surface area contributed by atoms with Crippen molar-refractivity contribution in [3.63, 3.8) is 0 Å². The highest BCUT2D eigenvalue weighted by Crippen LogP contribution is 2.41. The summed E-state index contributed by atoms with van der Waals surface area (Å²) in [5.74, 6) is -2.09. The average Bonchev–Trinajstić information content (AvgIpc) is 2.95. The SMILES string of the molecule is COc1ccc2c(c1OC)C(=O)N(c1cc(OCC(F)(F)F)cc([N+](=O)[O-])c1)C2=O. The molecule has 30 heavy (non-hydrogen) atoms. The van der Waals surface area contributed by atoms with Crippen molar-refractivity contribution in [1.29, 1.82) is 0 Å². The van der Waals surface area contributed by atoms with E-state index < -0.39 is 41.0 Å². The Labute approximate surface area is 166 Å². The maximum atomic E-state index is 12.9. The molecule has 0 fully saturated rings. The zero-order valence-corrected chi connectivity index (χ0v) is 15.5. The van der Waals surface area contributed by atoms with Crippen LogP contribution in [0.3, 0.4) is 0 Å². The fraction of sp³-hybridized carbons (Fsp3) is 0.222. The van der Waals surface area contributed by atoms with Crippen molar-refractivity contribution >= 4 is 23.2 Å². The molecule has 0 saturated heterocycles. The number of carbonyl (C=O) groups excluding carboxylic acids is 2. The summed E-state index contributed by atoms with van der Waals surface area (Å²) in [7, 11) is 2.59. The topological polar surface area (TPSA) is 108 Å². The summed E-state index contributed by atoms with van der Waals surface area (Å²) in [4.78, 5) is 36.7. The van der Waals surface area contributed by atoms with E-state index in [-0.39, 0.29) is 28.3 Å². The first-order chi connectivity index (χ1) is 14.1. The molecule has 0 unspecified atom stereocenters. The van der Waals surface area contributed by atoms with E-state index in [4.69, 9.17) is 9.47 Å². The van der Waals surface area contributed by atoms with E-state index in [1.165, 1.54) is 26.4 Å². The number of nitro benzene ring substituents is 1. The second-order valence-electron chi connectivity index (χ2n) is 6.02. The van der Waals surface area contributed by atoms with Gasteiger partial charge in [-0.15, -0.1) is 0 Å². The highest BCUT2D eigenvalue weighted by atomic mass is 19.4. The van der Waals surface area contributed by atoms with Crippen LogP contribution >= 0.6 is 0 Å². The number of nitro groups is 1. The summed E-state index contributed by atoms with van der Waals surface area (Å²) in [6.07, 6.45) is -4.69. The van der Waals surface area contributed by atoms with E-state index in [0.717, 1.165) is 18.2 Å².